The molecule has 0 unspecified atom stereocenters. The van der Waals surface area contributed by atoms with Crippen molar-refractivity contribution < 1.29 is 4.74 Å². The van der Waals surface area contributed by atoms with Crippen molar-refractivity contribution in [2.24, 2.45) is 5.73 Å². The first-order chi connectivity index (χ1) is 6.24. The van der Waals surface area contributed by atoms with Crippen LogP contribution >= 0.6 is 0 Å². The van der Waals surface area contributed by atoms with Crippen LogP contribution in [-0.4, -0.2) is 6.61 Å². The second-order valence-corrected chi connectivity index (χ2v) is 2.96. The van der Waals surface area contributed by atoms with Crippen molar-refractivity contribution in [3.05, 3.63) is 42.5 Å². The zero-order chi connectivity index (χ0) is 9.68. The van der Waals surface area contributed by atoms with Crippen LogP contribution in [0.1, 0.15) is 18.5 Å². The first-order valence-electron chi connectivity index (χ1n) is 4.33. The lowest BCUT2D eigenvalue weighted by Gasteiger charge is -2.08. The minimum Gasteiger partial charge on any atom is -0.490 e. The van der Waals surface area contributed by atoms with Crippen molar-refractivity contribution in [1.82, 2.24) is 0 Å². The van der Waals surface area contributed by atoms with Gasteiger partial charge in [-0.05, 0) is 24.6 Å². The maximum Gasteiger partial charge on any atom is 0.120 e. The summed E-state index contributed by atoms with van der Waals surface area (Å²) in [4.78, 5) is 0. The van der Waals surface area contributed by atoms with Gasteiger partial charge >= 0.3 is 0 Å². The van der Waals surface area contributed by atoms with Crippen LogP contribution in [0.25, 0.3) is 0 Å². The Labute approximate surface area is 79.0 Å². The summed E-state index contributed by atoms with van der Waals surface area (Å²) in [5.74, 6) is 0.842. The molecule has 1 atom stereocenters. The van der Waals surface area contributed by atoms with Crippen molar-refractivity contribution in [1.29, 1.82) is 0 Å². The SMILES string of the molecule is C=CCOc1cccc([C@@H](C)N)c1. The molecule has 2 nitrogen and oxygen atoms in total. The van der Waals surface area contributed by atoms with E-state index in [-0.39, 0.29) is 6.04 Å². The van der Waals surface area contributed by atoms with Crippen LogP contribution in [0.4, 0.5) is 0 Å². The minimum atomic E-state index is 0.0484. The Morgan fingerprint density at radius 2 is 2.38 bits per heavy atom. The van der Waals surface area contributed by atoms with Gasteiger partial charge in [0, 0.05) is 6.04 Å². The van der Waals surface area contributed by atoms with Crippen LogP contribution in [0.15, 0.2) is 36.9 Å². The lowest BCUT2D eigenvalue weighted by molar-refractivity contribution is 0.362. The molecule has 0 aliphatic rings. The molecule has 0 saturated carbocycles. The molecule has 0 fully saturated rings. The number of rotatable bonds is 4. The third-order valence-corrected chi connectivity index (χ3v) is 1.75. The summed E-state index contributed by atoms with van der Waals surface area (Å²) >= 11 is 0. The maximum atomic E-state index is 5.74. The van der Waals surface area contributed by atoms with Crippen LogP contribution in [0.5, 0.6) is 5.75 Å². The van der Waals surface area contributed by atoms with Gasteiger partial charge in [-0.1, -0.05) is 24.8 Å². The van der Waals surface area contributed by atoms with Crippen LogP contribution in [0.3, 0.4) is 0 Å². The van der Waals surface area contributed by atoms with Crippen LogP contribution in [-0.2, 0) is 0 Å². The molecule has 0 saturated heterocycles. The molecule has 1 aromatic carbocycles. The Bertz CT molecular complexity index is 281. The summed E-state index contributed by atoms with van der Waals surface area (Å²) in [6.45, 7) is 6.06. The summed E-state index contributed by atoms with van der Waals surface area (Å²) in [7, 11) is 0. The molecule has 13 heavy (non-hydrogen) atoms. The fraction of sp³-hybridized carbons (Fsp3) is 0.273. The van der Waals surface area contributed by atoms with Crippen molar-refractivity contribution in [3.63, 3.8) is 0 Å². The lowest BCUT2D eigenvalue weighted by atomic mass is 10.1. The van der Waals surface area contributed by atoms with E-state index in [4.69, 9.17) is 10.5 Å². The monoisotopic (exact) mass is 177 g/mol. The lowest BCUT2D eigenvalue weighted by Crippen LogP contribution is -2.05. The first kappa shape index (κ1) is 9.81. The minimum absolute atomic E-state index is 0.0484. The highest BCUT2D eigenvalue weighted by Gasteiger charge is 1.99. The zero-order valence-electron chi connectivity index (χ0n) is 7.86. The molecule has 0 heterocycles. The van der Waals surface area contributed by atoms with E-state index in [9.17, 15) is 0 Å². The third-order valence-electron chi connectivity index (χ3n) is 1.75. The van der Waals surface area contributed by atoms with Crippen molar-refractivity contribution >= 4 is 0 Å². The van der Waals surface area contributed by atoms with E-state index in [1.807, 2.05) is 31.2 Å². The van der Waals surface area contributed by atoms with Gasteiger partial charge in [0.2, 0.25) is 0 Å². The first-order valence-corrected chi connectivity index (χ1v) is 4.33. The van der Waals surface area contributed by atoms with Gasteiger partial charge in [-0.25, -0.2) is 0 Å². The highest BCUT2D eigenvalue weighted by molar-refractivity contribution is 5.30. The summed E-state index contributed by atoms with van der Waals surface area (Å²) in [5, 5.41) is 0. The number of hydrogen-bond acceptors (Lipinski definition) is 2. The Hall–Kier alpha value is -1.28. The number of benzene rings is 1. The highest BCUT2D eigenvalue weighted by atomic mass is 16.5. The summed E-state index contributed by atoms with van der Waals surface area (Å²) in [6.07, 6.45) is 1.72. The zero-order valence-corrected chi connectivity index (χ0v) is 7.86. The third kappa shape index (κ3) is 2.92. The van der Waals surface area contributed by atoms with Crippen LogP contribution in [0, 0.1) is 0 Å². The van der Waals surface area contributed by atoms with E-state index in [2.05, 4.69) is 6.58 Å². The molecule has 2 N–H and O–H groups in total. The quantitative estimate of drug-likeness (QED) is 0.716. The van der Waals surface area contributed by atoms with Gasteiger partial charge in [-0.3, -0.25) is 0 Å². The van der Waals surface area contributed by atoms with Crippen molar-refractivity contribution in [2.75, 3.05) is 6.61 Å². The Morgan fingerprint density at radius 1 is 1.62 bits per heavy atom. The molecule has 0 radical (unpaired) electrons. The molecule has 0 spiro atoms. The molecule has 70 valence electrons. The second kappa shape index (κ2) is 4.67. The summed E-state index contributed by atoms with van der Waals surface area (Å²) < 4.78 is 5.37. The second-order valence-electron chi connectivity index (χ2n) is 2.96. The van der Waals surface area contributed by atoms with Gasteiger partial charge < -0.3 is 10.5 Å². The van der Waals surface area contributed by atoms with E-state index in [1.54, 1.807) is 6.08 Å². The number of hydrogen-bond donors (Lipinski definition) is 1. The van der Waals surface area contributed by atoms with E-state index in [0.717, 1.165) is 11.3 Å². The predicted octanol–water partition coefficient (Wildman–Crippen LogP) is 2.27. The largest absolute Gasteiger partial charge is 0.490 e. The van der Waals surface area contributed by atoms with Gasteiger partial charge in [0.05, 0.1) is 0 Å². The van der Waals surface area contributed by atoms with Gasteiger partial charge in [-0.2, -0.15) is 0 Å². The summed E-state index contributed by atoms with van der Waals surface area (Å²) in [5.41, 5.74) is 6.82. The number of nitrogens with two attached hydrogens (primary N) is 1. The average Bonchev–Trinajstić information content (AvgIpc) is 2.15. The van der Waals surface area contributed by atoms with E-state index in [0.29, 0.717) is 6.61 Å². The maximum absolute atomic E-state index is 5.74. The standard InChI is InChI=1S/C11H15NO/c1-3-7-13-11-6-4-5-10(8-11)9(2)12/h3-6,8-9H,1,7,12H2,2H3/t9-/m1/s1. The van der Waals surface area contributed by atoms with E-state index in [1.165, 1.54) is 0 Å². The van der Waals surface area contributed by atoms with Gasteiger partial charge in [0.25, 0.3) is 0 Å². The smallest absolute Gasteiger partial charge is 0.120 e. The molecule has 0 aromatic heterocycles. The van der Waals surface area contributed by atoms with Crippen molar-refractivity contribution in [2.45, 2.75) is 13.0 Å². The molecule has 0 aliphatic carbocycles. The van der Waals surface area contributed by atoms with Gasteiger partial charge in [-0.15, -0.1) is 0 Å². The molecule has 0 bridgehead atoms. The number of ether oxygens (including phenoxy) is 1. The topological polar surface area (TPSA) is 35.2 Å². The highest BCUT2D eigenvalue weighted by Crippen LogP contribution is 2.17. The molecule has 0 amide bonds. The molecular weight excluding hydrogens is 162 g/mol. The molecule has 1 aromatic rings. The van der Waals surface area contributed by atoms with E-state index < -0.39 is 0 Å². The average molecular weight is 177 g/mol. The van der Waals surface area contributed by atoms with Crippen molar-refractivity contribution in [3.8, 4) is 5.75 Å². The Kier molecular flexibility index (Phi) is 3.53. The molecule has 0 aliphatic heterocycles. The Balaban J connectivity index is 2.73. The Morgan fingerprint density at radius 3 is 3.00 bits per heavy atom. The summed E-state index contributed by atoms with van der Waals surface area (Å²) in [6, 6.07) is 7.85. The van der Waals surface area contributed by atoms with E-state index >= 15 is 0 Å². The predicted molar refractivity (Wildman–Crippen MR) is 54.7 cm³/mol. The fourth-order valence-electron chi connectivity index (χ4n) is 1.04. The molecular formula is C11H15NO. The van der Waals surface area contributed by atoms with Crippen LogP contribution < -0.4 is 10.5 Å². The molecule has 1 rings (SSSR count). The van der Waals surface area contributed by atoms with Gasteiger partial charge in [0.15, 0.2) is 0 Å². The normalized spacial score (nSPS) is 12.2. The van der Waals surface area contributed by atoms with Crippen LogP contribution in [0.2, 0.25) is 0 Å². The molecule has 2 heteroatoms. The fourth-order valence-corrected chi connectivity index (χ4v) is 1.04. The van der Waals surface area contributed by atoms with Gasteiger partial charge in [0.1, 0.15) is 12.4 Å².